The van der Waals surface area contributed by atoms with E-state index in [2.05, 4.69) is 51.7 Å². The van der Waals surface area contributed by atoms with Gasteiger partial charge in [-0.1, -0.05) is 12.1 Å². The zero-order valence-electron chi connectivity index (χ0n) is 19.0. The van der Waals surface area contributed by atoms with Gasteiger partial charge in [0.15, 0.2) is 11.5 Å². The number of piperazine rings is 1. The molecule has 1 aliphatic rings. The lowest BCUT2D eigenvalue weighted by atomic mass is 10.1. The van der Waals surface area contributed by atoms with Gasteiger partial charge in [-0.15, -0.1) is 0 Å². The van der Waals surface area contributed by atoms with Gasteiger partial charge in [-0.3, -0.25) is 9.59 Å². The second kappa shape index (κ2) is 11.4. The van der Waals surface area contributed by atoms with Crippen LogP contribution in [0.2, 0.25) is 0 Å². The first-order valence-electron chi connectivity index (χ1n) is 10.8. The van der Waals surface area contributed by atoms with E-state index in [1.807, 2.05) is 0 Å². The molecule has 0 spiro atoms. The number of nitrogens with one attached hydrogen (secondary N) is 2. The molecule has 172 valence electrons. The number of ether oxygens (including phenoxy) is 2. The highest BCUT2D eigenvalue weighted by Crippen LogP contribution is 2.29. The topological polar surface area (TPSA) is 83.1 Å². The Kier molecular flexibility index (Phi) is 8.33. The minimum absolute atomic E-state index is 0.429. The quantitative estimate of drug-likeness (QED) is 0.484. The Labute approximate surface area is 189 Å². The number of rotatable bonds is 8. The zero-order chi connectivity index (χ0) is 22.9. The maximum Gasteiger partial charge on any atom is 0.313 e. The Morgan fingerprint density at radius 1 is 0.906 bits per heavy atom. The van der Waals surface area contributed by atoms with E-state index in [0.29, 0.717) is 23.7 Å². The van der Waals surface area contributed by atoms with Crippen molar-refractivity contribution in [1.29, 1.82) is 0 Å². The minimum Gasteiger partial charge on any atom is -0.493 e. The fraction of sp³-hybridized carbons (Fsp3) is 0.417. The molecular weight excluding hydrogens is 408 g/mol. The zero-order valence-corrected chi connectivity index (χ0v) is 19.0. The van der Waals surface area contributed by atoms with E-state index in [0.717, 1.165) is 39.0 Å². The van der Waals surface area contributed by atoms with Crippen LogP contribution >= 0.6 is 0 Å². The molecule has 2 aromatic carbocycles. The number of hydrogen-bond donors (Lipinski definition) is 2. The second-order valence-corrected chi connectivity index (χ2v) is 7.84. The molecule has 8 heteroatoms. The number of methoxy groups -OCH3 is 2. The summed E-state index contributed by atoms with van der Waals surface area (Å²) in [6.45, 7) is 4.70. The minimum atomic E-state index is -0.714. The third-order valence-corrected chi connectivity index (χ3v) is 5.58. The van der Waals surface area contributed by atoms with E-state index in [4.69, 9.17) is 9.47 Å². The lowest BCUT2D eigenvalue weighted by molar-refractivity contribution is -0.136. The molecule has 1 aliphatic heterocycles. The summed E-state index contributed by atoms with van der Waals surface area (Å²) in [7, 11) is 5.20. The molecule has 32 heavy (non-hydrogen) atoms. The molecule has 2 amide bonds. The normalized spacial score (nSPS) is 14.0. The maximum absolute atomic E-state index is 12.1. The molecule has 0 saturated carbocycles. The van der Waals surface area contributed by atoms with Crippen molar-refractivity contribution in [2.45, 2.75) is 12.8 Å². The summed E-state index contributed by atoms with van der Waals surface area (Å²) in [4.78, 5) is 29.0. The molecule has 8 nitrogen and oxygen atoms in total. The summed E-state index contributed by atoms with van der Waals surface area (Å²) < 4.78 is 10.4. The highest BCUT2D eigenvalue weighted by Gasteiger charge is 2.15. The van der Waals surface area contributed by atoms with Crippen molar-refractivity contribution < 1.29 is 19.1 Å². The molecule has 3 rings (SSSR count). The molecule has 0 aromatic heterocycles. The van der Waals surface area contributed by atoms with Gasteiger partial charge in [-0.25, -0.2) is 0 Å². The molecule has 0 aliphatic carbocycles. The van der Waals surface area contributed by atoms with Crippen molar-refractivity contribution in [2.24, 2.45) is 0 Å². The number of anilines is 2. The molecule has 2 N–H and O–H groups in total. The van der Waals surface area contributed by atoms with Crippen LogP contribution in [0, 0.1) is 0 Å². The van der Waals surface area contributed by atoms with Gasteiger partial charge < -0.3 is 29.9 Å². The average molecular weight is 441 g/mol. The predicted molar refractivity (Wildman–Crippen MR) is 126 cm³/mol. The Morgan fingerprint density at radius 3 is 2.25 bits per heavy atom. The first-order chi connectivity index (χ1) is 15.5. The molecular formula is C24H32N4O4. The number of aryl methyl sites for hydroxylation is 1. The van der Waals surface area contributed by atoms with Crippen molar-refractivity contribution >= 4 is 23.2 Å². The van der Waals surface area contributed by atoms with E-state index < -0.39 is 11.8 Å². The molecule has 1 saturated heterocycles. The monoisotopic (exact) mass is 440 g/mol. The molecule has 0 radical (unpaired) electrons. The lowest BCUT2D eigenvalue weighted by Crippen LogP contribution is -2.44. The van der Waals surface area contributed by atoms with Crippen LogP contribution in [0.5, 0.6) is 11.5 Å². The van der Waals surface area contributed by atoms with Gasteiger partial charge in [0.25, 0.3) is 0 Å². The lowest BCUT2D eigenvalue weighted by Gasteiger charge is -2.34. The number of likely N-dealkylation sites (N-methyl/N-ethyl adjacent to an activating group) is 1. The summed E-state index contributed by atoms with van der Waals surface area (Å²) in [6.07, 6.45) is 1.59. The third kappa shape index (κ3) is 6.37. The number of hydrogen-bond acceptors (Lipinski definition) is 6. The molecule has 0 unspecified atom stereocenters. The SMILES string of the molecule is COc1ccc(NC(=O)C(=O)NCCCc2ccc(N3CCN(C)CC3)cc2)cc1OC. The number of nitrogens with zero attached hydrogens (tertiary/aromatic N) is 2. The van der Waals surface area contributed by atoms with E-state index >= 15 is 0 Å². The largest absolute Gasteiger partial charge is 0.493 e. The van der Waals surface area contributed by atoms with E-state index in [1.165, 1.54) is 25.5 Å². The predicted octanol–water partition coefficient (Wildman–Crippen LogP) is 2.14. The number of benzene rings is 2. The van der Waals surface area contributed by atoms with Crippen molar-refractivity contribution in [2.75, 3.05) is 64.2 Å². The Bertz CT molecular complexity index is 909. The van der Waals surface area contributed by atoms with Gasteiger partial charge in [0.05, 0.1) is 14.2 Å². The van der Waals surface area contributed by atoms with Crippen LogP contribution in [0.3, 0.4) is 0 Å². The fourth-order valence-corrected chi connectivity index (χ4v) is 3.61. The highest BCUT2D eigenvalue weighted by molar-refractivity contribution is 6.39. The van der Waals surface area contributed by atoms with Crippen LogP contribution in [0.1, 0.15) is 12.0 Å². The Morgan fingerprint density at radius 2 is 1.59 bits per heavy atom. The van der Waals surface area contributed by atoms with Gasteiger partial charge in [0, 0.05) is 50.2 Å². The van der Waals surface area contributed by atoms with Gasteiger partial charge in [0.2, 0.25) is 0 Å². The third-order valence-electron chi connectivity index (χ3n) is 5.58. The van der Waals surface area contributed by atoms with Gasteiger partial charge in [-0.2, -0.15) is 0 Å². The average Bonchev–Trinajstić information content (AvgIpc) is 2.82. The van der Waals surface area contributed by atoms with Gasteiger partial charge >= 0.3 is 11.8 Å². The van der Waals surface area contributed by atoms with Gasteiger partial charge in [-0.05, 0) is 49.7 Å². The smallest absolute Gasteiger partial charge is 0.313 e. The summed E-state index contributed by atoms with van der Waals surface area (Å²) in [5.74, 6) is -0.352. The van der Waals surface area contributed by atoms with Crippen LogP contribution in [0.15, 0.2) is 42.5 Å². The summed E-state index contributed by atoms with van der Waals surface area (Å²) >= 11 is 0. The first kappa shape index (κ1) is 23.4. The fourth-order valence-electron chi connectivity index (χ4n) is 3.61. The number of carbonyl (C=O) groups excluding carboxylic acids is 2. The van der Waals surface area contributed by atoms with E-state index in [9.17, 15) is 9.59 Å². The van der Waals surface area contributed by atoms with E-state index in [1.54, 1.807) is 18.2 Å². The Balaban J connectivity index is 1.39. The van der Waals surface area contributed by atoms with Crippen LogP contribution < -0.4 is 25.0 Å². The number of carbonyl (C=O) groups is 2. The van der Waals surface area contributed by atoms with Crippen molar-refractivity contribution in [1.82, 2.24) is 10.2 Å². The van der Waals surface area contributed by atoms with Crippen LogP contribution in [0.4, 0.5) is 11.4 Å². The maximum atomic E-state index is 12.1. The first-order valence-corrected chi connectivity index (χ1v) is 10.8. The summed E-state index contributed by atoms with van der Waals surface area (Å²) in [5.41, 5.74) is 2.93. The van der Waals surface area contributed by atoms with Crippen LogP contribution in [-0.4, -0.2) is 70.7 Å². The molecule has 0 atom stereocenters. The summed E-state index contributed by atoms with van der Waals surface area (Å²) in [6, 6.07) is 13.5. The Hall–Kier alpha value is -3.26. The molecule has 1 fully saturated rings. The summed E-state index contributed by atoms with van der Waals surface area (Å²) in [5, 5.41) is 5.24. The van der Waals surface area contributed by atoms with Crippen molar-refractivity contribution in [3.63, 3.8) is 0 Å². The second-order valence-electron chi connectivity index (χ2n) is 7.84. The highest BCUT2D eigenvalue weighted by atomic mass is 16.5. The molecule has 0 bridgehead atoms. The standard InChI is InChI=1S/C24H32N4O4/c1-27-13-15-28(16-14-27)20-9-6-18(7-10-20)5-4-12-25-23(29)24(30)26-19-8-11-21(31-2)22(17-19)32-3/h6-11,17H,4-5,12-16H2,1-3H3,(H,25,29)(H,26,30). The van der Waals surface area contributed by atoms with Gasteiger partial charge in [0.1, 0.15) is 0 Å². The van der Waals surface area contributed by atoms with Crippen LogP contribution in [-0.2, 0) is 16.0 Å². The van der Waals surface area contributed by atoms with Crippen LogP contribution in [0.25, 0.3) is 0 Å². The van der Waals surface area contributed by atoms with E-state index in [-0.39, 0.29) is 0 Å². The van der Waals surface area contributed by atoms with Crippen molar-refractivity contribution in [3.8, 4) is 11.5 Å². The number of amides is 2. The molecule has 1 heterocycles. The van der Waals surface area contributed by atoms with Crippen molar-refractivity contribution in [3.05, 3.63) is 48.0 Å². The molecule has 2 aromatic rings.